The molecule has 0 spiro atoms. The molecule has 1 N–H and O–H groups in total. The van der Waals surface area contributed by atoms with Crippen molar-refractivity contribution in [3.05, 3.63) is 65.5 Å². The first kappa shape index (κ1) is 18.4. The summed E-state index contributed by atoms with van der Waals surface area (Å²) in [6.45, 7) is 6.45. The number of likely N-dealkylation sites (N-methyl/N-ethyl adjacent to an activating group) is 1. The molecule has 2 aromatic heterocycles. The molecular formula is C22H25N5O. The number of fused-ring (bicyclic) bond motifs is 1. The van der Waals surface area contributed by atoms with E-state index in [0.29, 0.717) is 12.1 Å². The molecule has 1 fully saturated rings. The van der Waals surface area contributed by atoms with Crippen molar-refractivity contribution in [3.63, 3.8) is 0 Å². The number of nitrogens with one attached hydrogen (secondary N) is 1. The van der Waals surface area contributed by atoms with Gasteiger partial charge in [-0.1, -0.05) is 24.3 Å². The van der Waals surface area contributed by atoms with E-state index in [2.05, 4.69) is 32.1 Å². The highest BCUT2D eigenvalue weighted by molar-refractivity contribution is 6.06. The fraction of sp³-hybridized carbons (Fsp3) is 0.318. The summed E-state index contributed by atoms with van der Waals surface area (Å²) in [7, 11) is 2.14. The number of benzene rings is 1. The Labute approximate surface area is 165 Å². The lowest BCUT2D eigenvalue weighted by molar-refractivity contribution is 0.0952. The highest BCUT2D eigenvalue weighted by Gasteiger charge is 2.15. The number of carbonyl (C=O) groups excluding carboxylic acids is 1. The molecule has 0 atom stereocenters. The summed E-state index contributed by atoms with van der Waals surface area (Å²) < 4.78 is 0. The van der Waals surface area contributed by atoms with Crippen LogP contribution in [0, 0.1) is 6.92 Å². The first-order valence-electron chi connectivity index (χ1n) is 9.63. The maximum absolute atomic E-state index is 12.8. The molecular weight excluding hydrogens is 350 g/mol. The van der Waals surface area contributed by atoms with Gasteiger partial charge in [-0.25, -0.2) is 4.98 Å². The van der Waals surface area contributed by atoms with Gasteiger partial charge in [0.2, 0.25) is 0 Å². The minimum absolute atomic E-state index is 0.0927. The monoisotopic (exact) mass is 375 g/mol. The Morgan fingerprint density at radius 2 is 1.89 bits per heavy atom. The summed E-state index contributed by atoms with van der Waals surface area (Å²) in [5, 5.41) is 3.88. The lowest BCUT2D eigenvalue weighted by atomic mass is 10.1. The molecule has 6 heteroatoms. The number of para-hydroxylation sites is 1. The van der Waals surface area contributed by atoms with E-state index in [9.17, 15) is 4.79 Å². The maximum Gasteiger partial charge on any atom is 0.252 e. The fourth-order valence-electron chi connectivity index (χ4n) is 3.52. The van der Waals surface area contributed by atoms with Gasteiger partial charge in [-0.15, -0.1) is 0 Å². The molecule has 0 bridgehead atoms. The number of piperazine rings is 1. The van der Waals surface area contributed by atoms with Gasteiger partial charge in [0.1, 0.15) is 5.82 Å². The molecule has 1 aliphatic heterocycles. The highest BCUT2D eigenvalue weighted by Crippen LogP contribution is 2.18. The van der Waals surface area contributed by atoms with E-state index in [4.69, 9.17) is 0 Å². The number of aryl methyl sites for hydroxylation is 1. The Hall–Kier alpha value is -2.99. The van der Waals surface area contributed by atoms with Gasteiger partial charge in [0.05, 0.1) is 11.1 Å². The van der Waals surface area contributed by atoms with Crippen molar-refractivity contribution in [2.45, 2.75) is 13.5 Å². The minimum Gasteiger partial charge on any atom is -0.354 e. The van der Waals surface area contributed by atoms with Crippen LogP contribution in [-0.2, 0) is 6.54 Å². The fourth-order valence-corrected chi connectivity index (χ4v) is 3.52. The first-order valence-corrected chi connectivity index (χ1v) is 9.63. The Bertz CT molecular complexity index is 978. The van der Waals surface area contributed by atoms with Crippen LogP contribution in [0.2, 0.25) is 0 Å². The Balaban J connectivity index is 1.43. The molecule has 0 unspecified atom stereocenters. The molecule has 1 aliphatic rings. The Morgan fingerprint density at radius 1 is 1.11 bits per heavy atom. The zero-order valence-corrected chi connectivity index (χ0v) is 16.4. The average Bonchev–Trinajstić information content (AvgIpc) is 2.72. The third kappa shape index (κ3) is 3.97. The number of amides is 1. The zero-order chi connectivity index (χ0) is 19.5. The van der Waals surface area contributed by atoms with Crippen LogP contribution in [0.15, 0.2) is 48.7 Å². The van der Waals surface area contributed by atoms with Gasteiger partial charge < -0.3 is 15.1 Å². The second kappa shape index (κ2) is 7.94. The predicted molar refractivity (Wildman–Crippen MR) is 112 cm³/mol. The van der Waals surface area contributed by atoms with E-state index in [-0.39, 0.29) is 5.91 Å². The molecule has 144 valence electrons. The summed E-state index contributed by atoms with van der Waals surface area (Å²) in [5.74, 6) is 0.906. The lowest BCUT2D eigenvalue weighted by Gasteiger charge is -2.33. The number of hydrogen-bond acceptors (Lipinski definition) is 5. The van der Waals surface area contributed by atoms with Crippen LogP contribution in [-0.4, -0.2) is 54.0 Å². The van der Waals surface area contributed by atoms with Crippen LogP contribution in [0.5, 0.6) is 0 Å². The molecule has 0 aliphatic carbocycles. The maximum atomic E-state index is 12.8. The number of rotatable bonds is 4. The smallest absolute Gasteiger partial charge is 0.252 e. The van der Waals surface area contributed by atoms with E-state index in [1.165, 1.54) is 0 Å². The standard InChI is InChI=1S/C22H25N5O/c1-16-13-19(18-5-3-4-6-20(18)25-16)22(28)24-15-17-7-8-21(23-14-17)27-11-9-26(2)10-12-27/h3-8,13-14H,9-12,15H2,1-2H3,(H,24,28). The van der Waals surface area contributed by atoms with Crippen LogP contribution in [0.3, 0.4) is 0 Å². The number of nitrogens with zero attached hydrogens (tertiary/aromatic N) is 4. The molecule has 0 saturated carbocycles. The number of pyridine rings is 2. The Morgan fingerprint density at radius 3 is 2.64 bits per heavy atom. The van der Waals surface area contributed by atoms with Crippen molar-refractivity contribution in [2.75, 3.05) is 38.1 Å². The summed E-state index contributed by atoms with van der Waals surface area (Å²) in [6.07, 6.45) is 1.85. The van der Waals surface area contributed by atoms with Gasteiger partial charge >= 0.3 is 0 Å². The van der Waals surface area contributed by atoms with E-state index in [0.717, 1.165) is 54.2 Å². The van der Waals surface area contributed by atoms with Crippen molar-refractivity contribution < 1.29 is 4.79 Å². The normalized spacial score (nSPS) is 15.0. The summed E-state index contributed by atoms with van der Waals surface area (Å²) in [6, 6.07) is 13.6. The van der Waals surface area contributed by atoms with Gasteiger partial charge in [-0.3, -0.25) is 9.78 Å². The largest absolute Gasteiger partial charge is 0.354 e. The first-order chi connectivity index (χ1) is 13.6. The molecule has 3 aromatic rings. The topological polar surface area (TPSA) is 61.4 Å². The van der Waals surface area contributed by atoms with Crippen molar-refractivity contribution >= 4 is 22.6 Å². The van der Waals surface area contributed by atoms with Crippen molar-refractivity contribution in [1.82, 2.24) is 20.2 Å². The van der Waals surface area contributed by atoms with E-state index < -0.39 is 0 Å². The highest BCUT2D eigenvalue weighted by atomic mass is 16.1. The number of carbonyl (C=O) groups is 1. The predicted octanol–water partition coefficient (Wildman–Crippen LogP) is 2.62. The van der Waals surface area contributed by atoms with E-state index in [1.807, 2.05) is 55.6 Å². The van der Waals surface area contributed by atoms with Crippen molar-refractivity contribution in [2.24, 2.45) is 0 Å². The number of hydrogen-bond donors (Lipinski definition) is 1. The molecule has 4 rings (SSSR count). The van der Waals surface area contributed by atoms with Crippen molar-refractivity contribution in [3.8, 4) is 0 Å². The van der Waals surface area contributed by atoms with E-state index >= 15 is 0 Å². The third-order valence-electron chi connectivity index (χ3n) is 5.18. The van der Waals surface area contributed by atoms with Crippen LogP contribution >= 0.6 is 0 Å². The van der Waals surface area contributed by atoms with Gasteiger partial charge in [-0.05, 0) is 37.7 Å². The third-order valence-corrected chi connectivity index (χ3v) is 5.18. The lowest BCUT2D eigenvalue weighted by Crippen LogP contribution is -2.44. The molecule has 1 aromatic carbocycles. The zero-order valence-electron chi connectivity index (χ0n) is 16.4. The van der Waals surface area contributed by atoms with Gasteiger partial charge in [0, 0.05) is 50.0 Å². The van der Waals surface area contributed by atoms with Crippen LogP contribution in [0.1, 0.15) is 21.6 Å². The van der Waals surface area contributed by atoms with E-state index in [1.54, 1.807) is 0 Å². The van der Waals surface area contributed by atoms with Gasteiger partial charge in [0.25, 0.3) is 5.91 Å². The second-order valence-electron chi connectivity index (χ2n) is 7.33. The minimum atomic E-state index is -0.0927. The molecule has 0 radical (unpaired) electrons. The van der Waals surface area contributed by atoms with Crippen LogP contribution in [0.4, 0.5) is 5.82 Å². The summed E-state index contributed by atoms with van der Waals surface area (Å²) in [5.41, 5.74) is 3.32. The molecule has 3 heterocycles. The number of aromatic nitrogens is 2. The SMILES string of the molecule is Cc1cc(C(=O)NCc2ccc(N3CCN(C)CC3)nc2)c2ccccc2n1. The molecule has 1 saturated heterocycles. The average molecular weight is 375 g/mol. The van der Waals surface area contributed by atoms with Crippen LogP contribution in [0.25, 0.3) is 10.9 Å². The quantitative estimate of drug-likeness (QED) is 0.760. The van der Waals surface area contributed by atoms with Gasteiger partial charge in [-0.2, -0.15) is 0 Å². The van der Waals surface area contributed by atoms with Crippen molar-refractivity contribution in [1.29, 1.82) is 0 Å². The Kier molecular flexibility index (Phi) is 5.21. The molecule has 28 heavy (non-hydrogen) atoms. The van der Waals surface area contributed by atoms with Crippen LogP contribution < -0.4 is 10.2 Å². The molecule has 1 amide bonds. The summed E-state index contributed by atoms with van der Waals surface area (Å²) in [4.78, 5) is 26.5. The summed E-state index contributed by atoms with van der Waals surface area (Å²) >= 11 is 0. The molecule has 6 nitrogen and oxygen atoms in total. The number of anilines is 1. The van der Waals surface area contributed by atoms with Gasteiger partial charge in [0.15, 0.2) is 0 Å². The second-order valence-corrected chi connectivity index (χ2v) is 7.33.